The molecular weight excluding hydrogens is 506 g/mol. The smallest absolute Gasteiger partial charge is 0.283 e. The standard InChI is InChI=1S/C29H20ClN3O5/c30-25-26(31-19-12-10-18(11-13-19)27(35)32-23-8-4-5-9-24(23)34)29(37)33(28(25)36)20-14-16-22(17-15-20)38-21-6-2-1-3-7-21/h1-17,31,34H,(H,32,35). The molecule has 0 aromatic heterocycles. The summed E-state index contributed by atoms with van der Waals surface area (Å²) in [5.41, 5.74) is 1.32. The molecule has 0 radical (unpaired) electrons. The number of phenolic OH excluding ortho intramolecular Hbond substituents is 1. The Morgan fingerprint density at radius 1 is 0.763 bits per heavy atom. The number of imide groups is 1. The number of phenols is 1. The Labute approximate surface area is 222 Å². The number of hydrogen-bond donors (Lipinski definition) is 3. The number of ether oxygens (including phenoxy) is 1. The number of anilines is 3. The number of amides is 3. The molecule has 1 aliphatic heterocycles. The van der Waals surface area contributed by atoms with Crippen molar-refractivity contribution in [1.82, 2.24) is 0 Å². The lowest BCUT2D eigenvalue weighted by atomic mass is 10.2. The second-order valence-corrected chi connectivity index (χ2v) is 8.60. The number of rotatable bonds is 7. The monoisotopic (exact) mass is 525 g/mol. The summed E-state index contributed by atoms with van der Waals surface area (Å²) < 4.78 is 5.76. The highest BCUT2D eigenvalue weighted by molar-refractivity contribution is 6.53. The highest BCUT2D eigenvalue weighted by Crippen LogP contribution is 2.32. The molecular formula is C29H20ClN3O5. The van der Waals surface area contributed by atoms with E-state index in [1.807, 2.05) is 30.3 Å². The van der Waals surface area contributed by atoms with Crippen molar-refractivity contribution in [2.75, 3.05) is 15.5 Å². The van der Waals surface area contributed by atoms with Gasteiger partial charge in [-0.2, -0.15) is 0 Å². The molecule has 0 atom stereocenters. The number of aromatic hydroxyl groups is 1. The second kappa shape index (κ2) is 10.5. The molecule has 1 heterocycles. The van der Waals surface area contributed by atoms with E-state index in [0.29, 0.717) is 28.4 Å². The molecule has 9 heteroatoms. The minimum Gasteiger partial charge on any atom is -0.506 e. The van der Waals surface area contributed by atoms with Gasteiger partial charge in [-0.1, -0.05) is 41.9 Å². The van der Waals surface area contributed by atoms with Gasteiger partial charge in [0.25, 0.3) is 17.7 Å². The Hall–Kier alpha value is -5.08. The number of halogens is 1. The number of hydrogen-bond acceptors (Lipinski definition) is 6. The lowest BCUT2D eigenvalue weighted by molar-refractivity contribution is -0.120. The Bertz CT molecular complexity index is 1550. The van der Waals surface area contributed by atoms with Crippen LogP contribution in [-0.4, -0.2) is 22.8 Å². The minimum absolute atomic E-state index is 0.0481. The van der Waals surface area contributed by atoms with E-state index in [1.54, 1.807) is 54.6 Å². The van der Waals surface area contributed by atoms with Crippen LogP contribution in [0.4, 0.5) is 17.1 Å². The summed E-state index contributed by atoms with van der Waals surface area (Å²) in [6, 6.07) is 28.3. The van der Waals surface area contributed by atoms with Gasteiger partial charge in [0.1, 0.15) is 28.0 Å². The van der Waals surface area contributed by atoms with Crippen molar-refractivity contribution in [3.05, 3.63) is 119 Å². The molecule has 4 aromatic rings. The maximum absolute atomic E-state index is 13.1. The van der Waals surface area contributed by atoms with Gasteiger partial charge < -0.3 is 20.5 Å². The highest BCUT2D eigenvalue weighted by Gasteiger charge is 2.39. The van der Waals surface area contributed by atoms with Crippen LogP contribution in [0.5, 0.6) is 17.2 Å². The lowest BCUT2D eigenvalue weighted by Gasteiger charge is -2.16. The summed E-state index contributed by atoms with van der Waals surface area (Å²) in [7, 11) is 0. The summed E-state index contributed by atoms with van der Waals surface area (Å²) in [5.74, 6) is -0.538. The van der Waals surface area contributed by atoms with Gasteiger partial charge in [0.2, 0.25) is 0 Å². The first kappa shape index (κ1) is 24.6. The van der Waals surface area contributed by atoms with Crippen molar-refractivity contribution in [3.63, 3.8) is 0 Å². The minimum atomic E-state index is -0.658. The number of carbonyl (C=O) groups is 3. The third-order valence-corrected chi connectivity index (χ3v) is 6.02. The van der Waals surface area contributed by atoms with Crippen LogP contribution in [0.3, 0.4) is 0 Å². The topological polar surface area (TPSA) is 108 Å². The molecule has 38 heavy (non-hydrogen) atoms. The van der Waals surface area contributed by atoms with E-state index in [1.165, 1.54) is 18.2 Å². The number of carbonyl (C=O) groups excluding carboxylic acids is 3. The van der Waals surface area contributed by atoms with Crippen LogP contribution >= 0.6 is 11.6 Å². The van der Waals surface area contributed by atoms with Gasteiger partial charge in [0, 0.05) is 11.3 Å². The van der Waals surface area contributed by atoms with Gasteiger partial charge in [-0.05, 0) is 72.8 Å². The third-order valence-electron chi connectivity index (χ3n) is 5.67. The zero-order valence-electron chi connectivity index (χ0n) is 19.7. The Kier molecular flexibility index (Phi) is 6.80. The molecule has 0 fully saturated rings. The first-order valence-corrected chi connectivity index (χ1v) is 11.9. The number of nitrogens with zero attached hydrogens (tertiary/aromatic N) is 1. The van der Waals surface area contributed by atoms with E-state index >= 15 is 0 Å². The average molecular weight is 526 g/mol. The van der Waals surface area contributed by atoms with Crippen LogP contribution in [0.15, 0.2) is 114 Å². The molecule has 0 unspecified atom stereocenters. The van der Waals surface area contributed by atoms with Crippen LogP contribution in [0, 0.1) is 0 Å². The lowest BCUT2D eigenvalue weighted by Crippen LogP contribution is -2.32. The molecule has 4 aromatic carbocycles. The fraction of sp³-hybridized carbons (Fsp3) is 0. The van der Waals surface area contributed by atoms with E-state index in [-0.39, 0.29) is 22.2 Å². The predicted molar refractivity (Wildman–Crippen MR) is 144 cm³/mol. The van der Waals surface area contributed by atoms with E-state index < -0.39 is 17.7 Å². The van der Waals surface area contributed by atoms with Gasteiger partial charge in [-0.15, -0.1) is 0 Å². The SMILES string of the molecule is O=C(Nc1ccccc1O)c1ccc(NC2=C(Cl)C(=O)N(c3ccc(Oc4ccccc4)cc3)C2=O)cc1. The molecule has 0 bridgehead atoms. The Balaban J connectivity index is 1.26. The van der Waals surface area contributed by atoms with E-state index in [0.717, 1.165) is 4.90 Å². The van der Waals surface area contributed by atoms with E-state index in [4.69, 9.17) is 16.3 Å². The largest absolute Gasteiger partial charge is 0.506 e. The third kappa shape index (κ3) is 5.07. The molecule has 0 aliphatic carbocycles. The molecule has 0 saturated heterocycles. The zero-order valence-corrected chi connectivity index (χ0v) is 20.5. The number of benzene rings is 4. The normalized spacial score (nSPS) is 13.0. The van der Waals surface area contributed by atoms with Crippen LogP contribution in [0.2, 0.25) is 0 Å². The van der Waals surface area contributed by atoms with Gasteiger partial charge in [0.15, 0.2) is 0 Å². The maximum atomic E-state index is 13.1. The molecule has 8 nitrogen and oxygen atoms in total. The summed E-state index contributed by atoms with van der Waals surface area (Å²) in [5, 5.41) is 15.1. The van der Waals surface area contributed by atoms with Crippen LogP contribution in [0.1, 0.15) is 10.4 Å². The van der Waals surface area contributed by atoms with Crippen LogP contribution in [0.25, 0.3) is 0 Å². The van der Waals surface area contributed by atoms with Crippen molar-refractivity contribution >= 4 is 46.4 Å². The fourth-order valence-electron chi connectivity index (χ4n) is 3.76. The number of para-hydroxylation sites is 3. The van der Waals surface area contributed by atoms with Gasteiger partial charge >= 0.3 is 0 Å². The molecule has 0 saturated carbocycles. The van der Waals surface area contributed by atoms with Gasteiger partial charge in [-0.25, -0.2) is 4.90 Å². The van der Waals surface area contributed by atoms with E-state index in [9.17, 15) is 19.5 Å². The van der Waals surface area contributed by atoms with Gasteiger partial charge in [-0.3, -0.25) is 14.4 Å². The van der Waals surface area contributed by atoms with Gasteiger partial charge in [0.05, 0.1) is 11.4 Å². The van der Waals surface area contributed by atoms with Crippen LogP contribution in [-0.2, 0) is 9.59 Å². The van der Waals surface area contributed by atoms with Crippen molar-refractivity contribution in [1.29, 1.82) is 0 Å². The quantitative estimate of drug-likeness (QED) is 0.206. The summed E-state index contributed by atoms with van der Waals surface area (Å²) in [6.07, 6.45) is 0. The molecule has 5 rings (SSSR count). The summed E-state index contributed by atoms with van der Waals surface area (Å²) >= 11 is 6.24. The van der Waals surface area contributed by atoms with Crippen molar-refractivity contribution < 1.29 is 24.2 Å². The summed E-state index contributed by atoms with van der Waals surface area (Å²) in [6.45, 7) is 0. The second-order valence-electron chi connectivity index (χ2n) is 8.22. The number of nitrogens with one attached hydrogen (secondary N) is 2. The summed E-state index contributed by atoms with van der Waals surface area (Å²) in [4.78, 5) is 39.4. The van der Waals surface area contributed by atoms with Crippen LogP contribution < -0.4 is 20.3 Å². The fourth-order valence-corrected chi connectivity index (χ4v) is 3.97. The first-order valence-electron chi connectivity index (χ1n) is 11.5. The zero-order chi connectivity index (χ0) is 26.6. The molecule has 3 N–H and O–H groups in total. The van der Waals surface area contributed by atoms with Crippen molar-refractivity contribution in [2.24, 2.45) is 0 Å². The molecule has 188 valence electrons. The van der Waals surface area contributed by atoms with E-state index in [2.05, 4.69) is 10.6 Å². The first-order chi connectivity index (χ1) is 18.4. The Morgan fingerprint density at radius 3 is 2.08 bits per heavy atom. The molecule has 1 aliphatic rings. The predicted octanol–water partition coefficient (Wildman–Crippen LogP) is 5.87. The van der Waals surface area contributed by atoms with Crippen molar-refractivity contribution in [3.8, 4) is 17.2 Å². The average Bonchev–Trinajstić information content (AvgIpc) is 3.14. The molecule has 0 spiro atoms. The van der Waals surface area contributed by atoms with Crippen molar-refractivity contribution in [2.45, 2.75) is 0 Å². The highest BCUT2D eigenvalue weighted by atomic mass is 35.5. The Morgan fingerprint density at radius 2 is 1.39 bits per heavy atom. The maximum Gasteiger partial charge on any atom is 0.283 e. The molecule has 3 amide bonds.